The number of carbonyl (C=O) groups is 1. The van der Waals surface area contributed by atoms with Crippen LogP contribution < -0.4 is 5.73 Å². The van der Waals surface area contributed by atoms with Crippen molar-refractivity contribution in [2.24, 2.45) is 5.92 Å². The number of carboxylic acids is 1. The number of anilines is 1. The SMILES string of the molecule is Nc1cc(C2CCCC2C(=O)O)cc2ccccc12. The molecule has 3 N–H and O–H groups in total. The number of hydrogen-bond donors (Lipinski definition) is 2. The Morgan fingerprint density at radius 2 is 2.00 bits per heavy atom. The van der Waals surface area contributed by atoms with Gasteiger partial charge in [-0.25, -0.2) is 0 Å². The standard InChI is InChI=1S/C16H17NO2/c17-15-9-11(8-10-4-1-2-5-13(10)15)12-6-3-7-14(12)16(18)19/h1-2,4-5,8-9,12,14H,3,6-7,17H2,(H,18,19). The molecule has 0 amide bonds. The van der Waals surface area contributed by atoms with E-state index >= 15 is 0 Å². The second-order valence-corrected chi connectivity index (χ2v) is 5.31. The molecule has 0 bridgehead atoms. The van der Waals surface area contributed by atoms with Crippen LogP contribution in [0.15, 0.2) is 36.4 Å². The van der Waals surface area contributed by atoms with Crippen molar-refractivity contribution in [3.05, 3.63) is 42.0 Å². The average Bonchev–Trinajstić information content (AvgIpc) is 2.88. The summed E-state index contributed by atoms with van der Waals surface area (Å²) in [5, 5.41) is 11.4. The molecule has 0 saturated heterocycles. The van der Waals surface area contributed by atoms with Crippen molar-refractivity contribution in [2.45, 2.75) is 25.2 Å². The molecule has 0 aromatic heterocycles. The van der Waals surface area contributed by atoms with E-state index in [0.717, 1.165) is 41.3 Å². The van der Waals surface area contributed by atoms with Crippen LogP contribution in [0.5, 0.6) is 0 Å². The van der Waals surface area contributed by atoms with Gasteiger partial charge in [-0.2, -0.15) is 0 Å². The zero-order valence-corrected chi connectivity index (χ0v) is 10.7. The van der Waals surface area contributed by atoms with Gasteiger partial charge in [0.25, 0.3) is 0 Å². The van der Waals surface area contributed by atoms with Crippen molar-refractivity contribution in [3.63, 3.8) is 0 Å². The van der Waals surface area contributed by atoms with E-state index in [0.29, 0.717) is 0 Å². The van der Waals surface area contributed by atoms with Crippen molar-refractivity contribution in [1.29, 1.82) is 0 Å². The molecular weight excluding hydrogens is 238 g/mol. The quantitative estimate of drug-likeness (QED) is 0.808. The minimum atomic E-state index is -0.686. The molecule has 2 atom stereocenters. The summed E-state index contributed by atoms with van der Waals surface area (Å²) in [6.07, 6.45) is 2.69. The van der Waals surface area contributed by atoms with E-state index in [1.807, 2.05) is 30.3 Å². The van der Waals surface area contributed by atoms with Crippen molar-refractivity contribution in [3.8, 4) is 0 Å². The number of carboxylic acid groups (broad SMARTS) is 1. The third kappa shape index (κ3) is 2.05. The third-order valence-electron chi connectivity index (χ3n) is 4.18. The fourth-order valence-corrected chi connectivity index (χ4v) is 3.23. The first-order chi connectivity index (χ1) is 9.16. The molecule has 3 nitrogen and oxygen atoms in total. The van der Waals surface area contributed by atoms with Crippen LogP contribution >= 0.6 is 0 Å². The van der Waals surface area contributed by atoms with Gasteiger partial charge in [-0.1, -0.05) is 36.8 Å². The molecular formula is C16H17NO2. The lowest BCUT2D eigenvalue weighted by molar-refractivity contribution is -0.142. The molecule has 3 rings (SSSR count). The summed E-state index contributed by atoms with van der Waals surface area (Å²) < 4.78 is 0. The maximum atomic E-state index is 11.3. The van der Waals surface area contributed by atoms with E-state index in [1.165, 1.54) is 0 Å². The highest BCUT2D eigenvalue weighted by atomic mass is 16.4. The summed E-state index contributed by atoms with van der Waals surface area (Å²) in [4.78, 5) is 11.3. The Morgan fingerprint density at radius 3 is 2.79 bits per heavy atom. The molecule has 1 saturated carbocycles. The second-order valence-electron chi connectivity index (χ2n) is 5.31. The molecule has 0 radical (unpaired) electrons. The molecule has 1 fully saturated rings. The Bertz CT molecular complexity index is 636. The Kier molecular flexibility index (Phi) is 2.90. The van der Waals surface area contributed by atoms with Gasteiger partial charge in [0.1, 0.15) is 0 Å². The summed E-state index contributed by atoms with van der Waals surface area (Å²) in [6, 6.07) is 12.0. The Labute approximate surface area is 112 Å². The van der Waals surface area contributed by atoms with Gasteiger partial charge in [0.2, 0.25) is 0 Å². The lowest BCUT2D eigenvalue weighted by Gasteiger charge is -2.17. The first-order valence-corrected chi connectivity index (χ1v) is 6.68. The topological polar surface area (TPSA) is 63.3 Å². The highest BCUT2D eigenvalue weighted by molar-refractivity contribution is 5.93. The summed E-state index contributed by atoms with van der Waals surface area (Å²) in [6.45, 7) is 0. The van der Waals surface area contributed by atoms with Crippen LogP contribution in [0.1, 0.15) is 30.7 Å². The minimum Gasteiger partial charge on any atom is -0.481 e. The van der Waals surface area contributed by atoms with Gasteiger partial charge >= 0.3 is 5.97 Å². The molecule has 98 valence electrons. The number of nitrogen functional groups attached to an aromatic ring is 1. The van der Waals surface area contributed by atoms with Gasteiger partial charge in [0.05, 0.1) is 5.92 Å². The van der Waals surface area contributed by atoms with E-state index < -0.39 is 5.97 Å². The Hall–Kier alpha value is -2.03. The summed E-state index contributed by atoms with van der Waals surface area (Å²) in [5.41, 5.74) is 7.91. The fourth-order valence-electron chi connectivity index (χ4n) is 3.23. The Balaban J connectivity index is 2.08. The molecule has 2 unspecified atom stereocenters. The van der Waals surface area contributed by atoms with Gasteiger partial charge in [0.15, 0.2) is 0 Å². The van der Waals surface area contributed by atoms with Gasteiger partial charge in [-0.3, -0.25) is 4.79 Å². The maximum absolute atomic E-state index is 11.3. The van der Waals surface area contributed by atoms with Gasteiger partial charge in [-0.15, -0.1) is 0 Å². The predicted molar refractivity (Wildman–Crippen MR) is 76.1 cm³/mol. The predicted octanol–water partition coefficient (Wildman–Crippen LogP) is 3.39. The highest BCUT2D eigenvalue weighted by Crippen LogP contribution is 2.41. The zero-order valence-electron chi connectivity index (χ0n) is 10.7. The number of benzene rings is 2. The molecule has 3 heteroatoms. The maximum Gasteiger partial charge on any atom is 0.307 e. The molecule has 0 heterocycles. The van der Waals surface area contributed by atoms with Crippen molar-refractivity contribution in [2.75, 3.05) is 5.73 Å². The van der Waals surface area contributed by atoms with Gasteiger partial charge in [-0.05, 0) is 35.8 Å². The van der Waals surface area contributed by atoms with Crippen LogP contribution in [0.3, 0.4) is 0 Å². The van der Waals surface area contributed by atoms with Crippen molar-refractivity contribution < 1.29 is 9.90 Å². The zero-order chi connectivity index (χ0) is 13.4. The number of nitrogens with two attached hydrogens (primary N) is 1. The molecule has 1 aliphatic rings. The molecule has 2 aromatic rings. The van der Waals surface area contributed by atoms with Crippen LogP contribution in [0, 0.1) is 5.92 Å². The normalized spacial score (nSPS) is 22.7. The third-order valence-corrected chi connectivity index (χ3v) is 4.18. The van der Waals surface area contributed by atoms with Crippen LogP contribution in [-0.4, -0.2) is 11.1 Å². The molecule has 0 aliphatic heterocycles. The summed E-state index contributed by atoms with van der Waals surface area (Å²) in [5.74, 6) is -0.848. The van der Waals surface area contributed by atoms with E-state index in [9.17, 15) is 9.90 Å². The largest absolute Gasteiger partial charge is 0.481 e. The first kappa shape index (κ1) is 12.0. The number of fused-ring (bicyclic) bond motifs is 1. The number of rotatable bonds is 2. The van der Waals surface area contributed by atoms with Crippen molar-refractivity contribution >= 4 is 22.4 Å². The van der Waals surface area contributed by atoms with E-state index in [1.54, 1.807) is 0 Å². The second kappa shape index (κ2) is 4.57. The highest BCUT2D eigenvalue weighted by Gasteiger charge is 2.34. The lowest BCUT2D eigenvalue weighted by atomic mass is 9.87. The van der Waals surface area contributed by atoms with E-state index in [4.69, 9.17) is 5.73 Å². The number of aliphatic carboxylic acids is 1. The molecule has 0 spiro atoms. The molecule has 1 aliphatic carbocycles. The van der Waals surface area contributed by atoms with Crippen LogP contribution in [0.4, 0.5) is 5.69 Å². The monoisotopic (exact) mass is 255 g/mol. The van der Waals surface area contributed by atoms with Crippen molar-refractivity contribution in [1.82, 2.24) is 0 Å². The van der Waals surface area contributed by atoms with Crippen LogP contribution in [0.25, 0.3) is 10.8 Å². The minimum absolute atomic E-state index is 0.101. The van der Waals surface area contributed by atoms with Gasteiger partial charge < -0.3 is 10.8 Å². The molecule has 19 heavy (non-hydrogen) atoms. The summed E-state index contributed by atoms with van der Waals surface area (Å²) >= 11 is 0. The number of hydrogen-bond acceptors (Lipinski definition) is 2. The summed E-state index contributed by atoms with van der Waals surface area (Å²) in [7, 11) is 0. The van der Waals surface area contributed by atoms with E-state index in [2.05, 4.69) is 6.07 Å². The first-order valence-electron chi connectivity index (χ1n) is 6.68. The Morgan fingerprint density at radius 1 is 1.21 bits per heavy atom. The lowest BCUT2D eigenvalue weighted by Crippen LogP contribution is -2.16. The smallest absolute Gasteiger partial charge is 0.307 e. The van der Waals surface area contributed by atoms with Crippen LogP contribution in [-0.2, 0) is 4.79 Å². The van der Waals surface area contributed by atoms with Gasteiger partial charge in [0, 0.05) is 11.1 Å². The van der Waals surface area contributed by atoms with E-state index in [-0.39, 0.29) is 11.8 Å². The average molecular weight is 255 g/mol. The fraction of sp³-hybridized carbons (Fsp3) is 0.312. The van der Waals surface area contributed by atoms with Crippen LogP contribution in [0.2, 0.25) is 0 Å². The molecule has 2 aromatic carbocycles.